The highest BCUT2D eigenvalue weighted by Gasteiger charge is 2.60. The van der Waals surface area contributed by atoms with E-state index in [9.17, 15) is 71.2 Å². The molecule has 0 saturated carbocycles. The fourth-order valence-corrected chi connectivity index (χ4v) is 5.52. The van der Waals surface area contributed by atoms with E-state index < -0.39 is 113 Å². The molecule has 2 unspecified atom stereocenters. The van der Waals surface area contributed by atoms with Crippen LogP contribution in [0.15, 0.2) is 39.5 Å². The molecule has 17 heteroatoms. The molecule has 3 heterocycles. The monoisotopic (exact) mass is 626 g/mol. The average Bonchev–Trinajstić information content (AvgIpc) is 2.99. The summed E-state index contributed by atoms with van der Waals surface area (Å²) >= 11 is 0. The van der Waals surface area contributed by atoms with Gasteiger partial charge < -0.3 is 80.3 Å². The Bertz CT molecular complexity index is 1600. The van der Waals surface area contributed by atoms with Crippen molar-refractivity contribution in [2.24, 2.45) is 0 Å². The van der Waals surface area contributed by atoms with Gasteiger partial charge in [-0.25, -0.2) is 0 Å². The Hall–Kier alpha value is -3.43. The fourth-order valence-electron chi connectivity index (χ4n) is 5.52. The van der Waals surface area contributed by atoms with Crippen molar-refractivity contribution in [1.29, 1.82) is 0 Å². The van der Waals surface area contributed by atoms with Crippen LogP contribution in [0.3, 0.4) is 0 Å². The SMILES string of the molecule is O=c1cc(-c2ccc(O)cc2)oc2c(C3(O)O[C@H](CO)[C@@H](O)[C@H](O)[C@H]3O)c(O)c(C3(O)O[C@H](CO)[C@@H](O)[C@H](O)[C@H]3O)c(O)c12. The van der Waals surface area contributed by atoms with Gasteiger partial charge in [-0.05, 0) is 24.3 Å². The predicted octanol–water partition coefficient (Wildman–Crippen LogP) is -4.19. The second kappa shape index (κ2) is 11.2. The molecule has 5 rings (SSSR count). The van der Waals surface area contributed by atoms with Gasteiger partial charge in [-0.3, -0.25) is 4.79 Å². The summed E-state index contributed by atoms with van der Waals surface area (Å²) in [6.07, 6.45) is -17.5. The van der Waals surface area contributed by atoms with Crippen molar-refractivity contribution in [3.05, 3.63) is 51.7 Å². The summed E-state index contributed by atoms with van der Waals surface area (Å²) in [5.74, 6) is -10.2. The Morgan fingerprint density at radius 1 is 0.682 bits per heavy atom. The molecule has 2 aliphatic heterocycles. The minimum Gasteiger partial charge on any atom is -0.508 e. The van der Waals surface area contributed by atoms with Gasteiger partial charge >= 0.3 is 0 Å². The normalized spacial score (nSPS) is 36.0. The highest BCUT2D eigenvalue weighted by Crippen LogP contribution is 2.53. The van der Waals surface area contributed by atoms with E-state index in [1.807, 2.05) is 0 Å². The van der Waals surface area contributed by atoms with Crippen molar-refractivity contribution in [3.63, 3.8) is 0 Å². The zero-order valence-corrected chi connectivity index (χ0v) is 22.4. The highest BCUT2D eigenvalue weighted by atomic mass is 16.7. The summed E-state index contributed by atoms with van der Waals surface area (Å²) in [5.41, 5.74) is -4.48. The molecule has 2 saturated heterocycles. The third-order valence-electron chi connectivity index (χ3n) is 7.92. The number of hydrogen-bond donors (Lipinski definition) is 13. The molecule has 44 heavy (non-hydrogen) atoms. The minimum absolute atomic E-state index is 0.129. The number of aliphatic hydroxyl groups is 10. The molecule has 17 nitrogen and oxygen atoms in total. The molecule has 2 aliphatic rings. The maximum absolute atomic E-state index is 13.5. The lowest BCUT2D eigenvalue weighted by molar-refractivity contribution is -0.361. The lowest BCUT2D eigenvalue weighted by Gasteiger charge is -2.47. The highest BCUT2D eigenvalue weighted by molar-refractivity contribution is 5.92. The average molecular weight is 627 g/mol. The van der Waals surface area contributed by atoms with E-state index in [0.717, 1.165) is 6.07 Å². The van der Waals surface area contributed by atoms with E-state index in [2.05, 4.69) is 0 Å². The molecule has 0 amide bonds. The third kappa shape index (κ3) is 4.62. The lowest BCUT2D eigenvalue weighted by atomic mass is 9.82. The molecule has 13 N–H and O–H groups in total. The number of aliphatic hydroxyl groups excluding tert-OH is 8. The number of phenolic OH excluding ortho intramolecular Hbond substituents is 3. The Morgan fingerprint density at radius 3 is 1.64 bits per heavy atom. The quantitative estimate of drug-likeness (QED) is 0.128. The maximum atomic E-state index is 13.5. The third-order valence-corrected chi connectivity index (χ3v) is 7.92. The molecular weight excluding hydrogens is 596 g/mol. The van der Waals surface area contributed by atoms with Crippen molar-refractivity contribution in [2.75, 3.05) is 13.2 Å². The van der Waals surface area contributed by atoms with Crippen LogP contribution in [0.5, 0.6) is 17.2 Å². The molecule has 0 radical (unpaired) electrons. The smallest absolute Gasteiger partial charge is 0.229 e. The van der Waals surface area contributed by atoms with Crippen molar-refractivity contribution in [1.82, 2.24) is 0 Å². The number of aromatic hydroxyl groups is 3. The van der Waals surface area contributed by atoms with Gasteiger partial charge in [0.1, 0.15) is 77.2 Å². The molecule has 2 fully saturated rings. The molecule has 10 atom stereocenters. The summed E-state index contributed by atoms with van der Waals surface area (Å²) in [5, 5.41) is 137. The van der Waals surface area contributed by atoms with Crippen molar-refractivity contribution >= 4 is 11.0 Å². The van der Waals surface area contributed by atoms with E-state index in [4.69, 9.17) is 13.9 Å². The van der Waals surface area contributed by atoms with Gasteiger partial charge in [-0.2, -0.15) is 0 Å². The Kier molecular flexibility index (Phi) is 8.12. The summed E-state index contributed by atoms with van der Waals surface area (Å²) in [6, 6.07) is 5.85. The van der Waals surface area contributed by atoms with Gasteiger partial charge in [-0.1, -0.05) is 0 Å². The van der Waals surface area contributed by atoms with E-state index in [1.165, 1.54) is 24.3 Å². The molecule has 0 spiro atoms. The Morgan fingerprint density at radius 2 is 1.16 bits per heavy atom. The lowest BCUT2D eigenvalue weighted by Crippen LogP contribution is -2.64. The summed E-state index contributed by atoms with van der Waals surface area (Å²) < 4.78 is 16.3. The van der Waals surface area contributed by atoms with E-state index in [0.29, 0.717) is 0 Å². The minimum atomic E-state index is -3.46. The van der Waals surface area contributed by atoms with Gasteiger partial charge in [0.05, 0.1) is 24.3 Å². The largest absolute Gasteiger partial charge is 0.508 e. The zero-order chi connectivity index (χ0) is 32.5. The van der Waals surface area contributed by atoms with Gasteiger partial charge in [0.25, 0.3) is 0 Å². The Labute approximate surface area is 245 Å². The maximum Gasteiger partial charge on any atom is 0.229 e. The second-order valence-electron chi connectivity index (χ2n) is 10.6. The van der Waals surface area contributed by atoms with Gasteiger partial charge in [0.15, 0.2) is 11.0 Å². The van der Waals surface area contributed by atoms with Crippen LogP contribution < -0.4 is 5.43 Å². The van der Waals surface area contributed by atoms with Crippen molar-refractivity contribution in [2.45, 2.75) is 60.4 Å². The predicted molar refractivity (Wildman–Crippen MR) is 141 cm³/mol. The first kappa shape index (κ1) is 32.0. The molecule has 1 aromatic heterocycles. The van der Waals surface area contributed by atoms with Gasteiger partial charge in [0, 0.05) is 11.6 Å². The molecule has 3 aromatic rings. The summed E-state index contributed by atoms with van der Waals surface area (Å²) in [7, 11) is 0. The number of hydrogen-bond acceptors (Lipinski definition) is 17. The number of benzene rings is 2. The molecule has 0 bridgehead atoms. The van der Waals surface area contributed by atoms with Crippen molar-refractivity contribution in [3.8, 4) is 28.6 Å². The van der Waals surface area contributed by atoms with Crippen LogP contribution in [0.25, 0.3) is 22.3 Å². The first-order valence-electron chi connectivity index (χ1n) is 13.1. The van der Waals surface area contributed by atoms with Crippen LogP contribution in [-0.4, -0.2) is 128 Å². The standard InChI is InChI=1S/C27H30O17/c28-6-12-17(32)21(36)24(38)26(40,43-12)15-19(34)14-10(31)5-11(8-1-3-9(30)4-2-8)42-23(14)16(20(15)35)27(41)25(39)22(37)18(33)13(7-29)44-27/h1-5,12-13,17-18,21-22,24-25,28-30,32-41H,6-7H2/t12-,13-,17-,18-,21+,22+,24-,25-,26?,27?/m1/s1. The number of ether oxygens (including phenoxy) is 2. The van der Waals surface area contributed by atoms with Crippen LogP contribution in [0.4, 0.5) is 0 Å². The molecule has 240 valence electrons. The fraction of sp³-hybridized carbons (Fsp3) is 0.444. The molecule has 0 aliphatic carbocycles. The van der Waals surface area contributed by atoms with E-state index in [1.54, 1.807) is 0 Å². The first-order chi connectivity index (χ1) is 20.6. The number of fused-ring (bicyclic) bond motifs is 1. The van der Waals surface area contributed by atoms with Gasteiger partial charge in [-0.15, -0.1) is 0 Å². The van der Waals surface area contributed by atoms with Crippen LogP contribution in [0, 0.1) is 0 Å². The Balaban J connectivity index is 1.90. The summed E-state index contributed by atoms with van der Waals surface area (Å²) in [6.45, 7) is -2.16. The topological polar surface area (TPSA) is 312 Å². The van der Waals surface area contributed by atoms with Crippen LogP contribution >= 0.6 is 0 Å². The van der Waals surface area contributed by atoms with Crippen LogP contribution in [-0.2, 0) is 21.0 Å². The van der Waals surface area contributed by atoms with Gasteiger partial charge in [0.2, 0.25) is 11.6 Å². The zero-order valence-electron chi connectivity index (χ0n) is 22.4. The second-order valence-corrected chi connectivity index (χ2v) is 10.6. The van der Waals surface area contributed by atoms with E-state index in [-0.39, 0.29) is 17.1 Å². The number of rotatable bonds is 5. The van der Waals surface area contributed by atoms with Crippen molar-refractivity contribution < 1.29 is 80.3 Å². The number of phenols is 3. The molecular formula is C27H30O17. The first-order valence-corrected chi connectivity index (χ1v) is 13.1. The van der Waals surface area contributed by atoms with E-state index >= 15 is 0 Å². The van der Waals surface area contributed by atoms with Crippen LogP contribution in [0.2, 0.25) is 0 Å². The molecule has 2 aromatic carbocycles. The summed E-state index contributed by atoms with van der Waals surface area (Å²) in [4.78, 5) is 13.5. The van der Waals surface area contributed by atoms with Crippen LogP contribution in [0.1, 0.15) is 11.1 Å².